The Morgan fingerprint density at radius 3 is 2.70 bits per heavy atom. The van der Waals surface area contributed by atoms with Gasteiger partial charge < -0.3 is 14.2 Å². The molecule has 1 N–H and O–H groups in total. The maximum atomic E-state index is 13.4. The summed E-state index contributed by atoms with van der Waals surface area (Å²) >= 11 is 19.0. The van der Waals surface area contributed by atoms with Crippen LogP contribution >= 0.6 is 34.8 Å². The Morgan fingerprint density at radius 1 is 1.09 bits per heavy atom. The van der Waals surface area contributed by atoms with Crippen molar-refractivity contribution in [1.82, 2.24) is 24.7 Å². The Morgan fingerprint density at radius 2 is 1.94 bits per heavy atom. The molecule has 0 aliphatic rings. The Kier molecular flexibility index (Phi) is 5.49. The van der Waals surface area contributed by atoms with E-state index in [2.05, 4.69) is 20.1 Å². The largest absolute Gasteiger partial charge is 0.508 e. The molecule has 33 heavy (non-hydrogen) atoms. The number of nitrogens with zero attached hydrogens (tertiary/aromatic N) is 5. The van der Waals surface area contributed by atoms with Gasteiger partial charge in [0.15, 0.2) is 0 Å². The molecule has 0 aliphatic carbocycles. The Bertz CT molecular complexity index is 1520. The molecule has 164 valence electrons. The van der Waals surface area contributed by atoms with Gasteiger partial charge in [0.2, 0.25) is 5.82 Å². The van der Waals surface area contributed by atoms with Crippen LogP contribution in [0.15, 0.2) is 59.5 Å². The molecule has 0 atom stereocenters. The average molecular weight is 501 g/mol. The van der Waals surface area contributed by atoms with Crippen LogP contribution in [-0.4, -0.2) is 35.6 Å². The number of benzene rings is 2. The van der Waals surface area contributed by atoms with Gasteiger partial charge in [-0.2, -0.15) is 4.98 Å². The minimum Gasteiger partial charge on any atom is -0.508 e. The summed E-state index contributed by atoms with van der Waals surface area (Å²) in [5, 5.41) is 15.4. The van der Waals surface area contributed by atoms with Gasteiger partial charge in [-0.15, -0.1) is 0 Å². The summed E-state index contributed by atoms with van der Waals surface area (Å²) in [4.78, 5) is 25.4. The van der Waals surface area contributed by atoms with Crippen molar-refractivity contribution < 1.29 is 14.4 Å². The van der Waals surface area contributed by atoms with Crippen molar-refractivity contribution in [1.29, 1.82) is 0 Å². The van der Waals surface area contributed by atoms with Gasteiger partial charge in [-0.05, 0) is 42.0 Å². The van der Waals surface area contributed by atoms with Crippen LogP contribution in [0.25, 0.3) is 22.4 Å². The number of hydrogen-bond donors (Lipinski definition) is 1. The lowest BCUT2D eigenvalue weighted by Crippen LogP contribution is -2.04. The van der Waals surface area contributed by atoms with Gasteiger partial charge in [-0.3, -0.25) is 4.79 Å². The zero-order chi connectivity index (χ0) is 23.1. The van der Waals surface area contributed by atoms with Crippen molar-refractivity contribution in [2.75, 3.05) is 0 Å². The molecule has 8 nitrogen and oxygen atoms in total. The number of fused-ring (bicyclic) bond motifs is 1. The minimum absolute atomic E-state index is 0.0258. The lowest BCUT2D eigenvalue weighted by atomic mass is 10.1. The highest BCUT2D eigenvalue weighted by Crippen LogP contribution is 2.35. The highest BCUT2D eigenvalue weighted by atomic mass is 35.5. The predicted octanol–water partition coefficient (Wildman–Crippen LogP) is 5.43. The SMILES string of the molecule is O=C(c1nc(-c2ccncn2)no1)c1c(Cl)n(Cc2ccc(Cl)cc2Cl)c2ccc(O)cc12. The quantitative estimate of drug-likeness (QED) is 0.321. The Labute approximate surface area is 201 Å². The van der Waals surface area contributed by atoms with Gasteiger partial charge in [0.25, 0.3) is 11.7 Å². The molecule has 0 radical (unpaired) electrons. The number of aromatic nitrogens is 5. The molecule has 0 saturated carbocycles. The first-order valence-corrected chi connectivity index (χ1v) is 10.6. The van der Waals surface area contributed by atoms with E-state index in [1.54, 1.807) is 34.9 Å². The summed E-state index contributed by atoms with van der Waals surface area (Å²) in [5.41, 5.74) is 1.88. The predicted molar refractivity (Wildman–Crippen MR) is 123 cm³/mol. The summed E-state index contributed by atoms with van der Waals surface area (Å²) < 4.78 is 6.90. The smallest absolute Gasteiger partial charge is 0.299 e. The van der Waals surface area contributed by atoms with Crippen molar-refractivity contribution in [2.45, 2.75) is 6.54 Å². The number of aromatic hydroxyl groups is 1. The third-order valence-corrected chi connectivity index (χ3v) is 5.97. The third kappa shape index (κ3) is 3.93. The van der Waals surface area contributed by atoms with Crippen molar-refractivity contribution >= 4 is 51.5 Å². The van der Waals surface area contributed by atoms with Crippen LogP contribution in [0.3, 0.4) is 0 Å². The molecule has 11 heteroatoms. The summed E-state index contributed by atoms with van der Waals surface area (Å²) in [5.74, 6) is -0.750. The third-order valence-electron chi connectivity index (χ3n) is 4.99. The minimum atomic E-state index is -0.593. The number of carbonyl (C=O) groups is 1. The summed E-state index contributed by atoms with van der Waals surface area (Å²) in [6.45, 7) is 0.263. The van der Waals surface area contributed by atoms with Crippen LogP contribution in [-0.2, 0) is 6.54 Å². The zero-order valence-electron chi connectivity index (χ0n) is 16.5. The first kappa shape index (κ1) is 21.4. The number of hydrogen-bond acceptors (Lipinski definition) is 7. The van der Waals surface area contributed by atoms with Crippen LogP contribution < -0.4 is 0 Å². The molecule has 5 aromatic rings. The molecule has 0 saturated heterocycles. The first-order chi connectivity index (χ1) is 15.9. The van der Waals surface area contributed by atoms with Crippen molar-refractivity contribution in [2.24, 2.45) is 0 Å². The molecular weight excluding hydrogens is 489 g/mol. The van der Waals surface area contributed by atoms with Crippen LogP contribution in [0.4, 0.5) is 0 Å². The molecular formula is C22H12Cl3N5O3. The summed E-state index contributed by atoms with van der Waals surface area (Å²) in [6.07, 6.45) is 2.86. The normalized spacial score (nSPS) is 11.2. The van der Waals surface area contributed by atoms with Gasteiger partial charge in [0.1, 0.15) is 22.9 Å². The highest BCUT2D eigenvalue weighted by molar-refractivity contribution is 6.37. The first-order valence-electron chi connectivity index (χ1n) is 9.52. The summed E-state index contributed by atoms with van der Waals surface area (Å²) in [6, 6.07) is 11.3. The fourth-order valence-electron chi connectivity index (χ4n) is 3.45. The maximum Gasteiger partial charge on any atom is 0.299 e. The zero-order valence-corrected chi connectivity index (χ0v) is 18.8. The second kappa shape index (κ2) is 8.47. The molecule has 0 bridgehead atoms. The molecule has 0 fully saturated rings. The highest BCUT2D eigenvalue weighted by Gasteiger charge is 2.27. The van der Waals surface area contributed by atoms with Crippen LogP contribution in [0.2, 0.25) is 15.2 Å². The van der Waals surface area contributed by atoms with E-state index in [0.717, 1.165) is 5.56 Å². The van der Waals surface area contributed by atoms with E-state index in [-0.39, 0.29) is 34.7 Å². The van der Waals surface area contributed by atoms with Gasteiger partial charge in [0.05, 0.1) is 17.6 Å². The number of carbonyl (C=O) groups excluding carboxylic acids is 1. The Hall–Kier alpha value is -3.46. The van der Waals surface area contributed by atoms with E-state index in [4.69, 9.17) is 39.3 Å². The number of ketones is 1. The van der Waals surface area contributed by atoms with Gasteiger partial charge in [-0.1, -0.05) is 46.0 Å². The molecule has 3 aromatic heterocycles. The van der Waals surface area contributed by atoms with Gasteiger partial charge in [-0.25, -0.2) is 9.97 Å². The van der Waals surface area contributed by atoms with E-state index < -0.39 is 5.78 Å². The monoisotopic (exact) mass is 499 g/mol. The second-order valence-electron chi connectivity index (χ2n) is 7.04. The van der Waals surface area contributed by atoms with Crippen LogP contribution in [0.5, 0.6) is 5.75 Å². The van der Waals surface area contributed by atoms with Crippen molar-refractivity contribution in [3.05, 3.63) is 87.2 Å². The number of phenolic OH excluding ortho intramolecular Hbond substituents is 1. The standard InChI is InChI=1S/C22H12Cl3N5O3/c23-12-2-1-11(15(24)7-12)9-30-17-4-3-13(31)8-14(17)18(20(30)25)19(32)22-28-21(29-33-22)16-5-6-26-10-27-16/h1-8,10,31H,9H2. The molecule has 3 heterocycles. The maximum absolute atomic E-state index is 13.4. The lowest BCUT2D eigenvalue weighted by molar-refractivity contribution is 0.0995. The molecule has 0 aliphatic heterocycles. The van der Waals surface area contributed by atoms with Crippen LogP contribution in [0.1, 0.15) is 21.8 Å². The van der Waals surface area contributed by atoms with Crippen LogP contribution in [0, 0.1) is 0 Å². The van der Waals surface area contributed by atoms with E-state index in [1.165, 1.54) is 24.7 Å². The summed E-state index contributed by atoms with van der Waals surface area (Å²) in [7, 11) is 0. The van der Waals surface area contributed by atoms with E-state index >= 15 is 0 Å². The molecule has 5 rings (SSSR count). The average Bonchev–Trinajstić information content (AvgIpc) is 3.39. The topological polar surface area (TPSA) is 107 Å². The number of halogens is 3. The van der Waals surface area contributed by atoms with Gasteiger partial charge in [0, 0.05) is 21.6 Å². The number of phenols is 1. The number of rotatable bonds is 5. The van der Waals surface area contributed by atoms with Crippen molar-refractivity contribution in [3.63, 3.8) is 0 Å². The Balaban J connectivity index is 1.61. The van der Waals surface area contributed by atoms with E-state index in [9.17, 15) is 9.90 Å². The molecule has 2 aromatic carbocycles. The molecule has 0 amide bonds. The van der Waals surface area contributed by atoms with Crippen molar-refractivity contribution in [3.8, 4) is 17.3 Å². The molecule has 0 unspecified atom stereocenters. The fourth-order valence-corrected chi connectivity index (χ4v) is 4.26. The van der Waals surface area contributed by atoms with E-state index in [1.807, 2.05) is 0 Å². The van der Waals surface area contributed by atoms with Gasteiger partial charge >= 0.3 is 0 Å². The fraction of sp³-hybridized carbons (Fsp3) is 0.0455. The second-order valence-corrected chi connectivity index (χ2v) is 8.24. The molecule has 0 spiro atoms. The van der Waals surface area contributed by atoms with E-state index in [0.29, 0.717) is 26.6 Å². The lowest BCUT2D eigenvalue weighted by Gasteiger charge is -2.09.